The Bertz CT molecular complexity index is 468. The van der Waals surface area contributed by atoms with E-state index in [4.69, 9.17) is 28.5 Å². The molecule has 15 heavy (non-hydrogen) atoms. The highest BCUT2D eigenvalue weighted by Crippen LogP contribution is 2.44. The zero-order valence-corrected chi connectivity index (χ0v) is 9.27. The molecule has 0 aromatic heterocycles. The fraction of sp³-hybridized carbons (Fsp3) is 0.273. The van der Waals surface area contributed by atoms with Gasteiger partial charge in [0.05, 0.1) is 11.5 Å². The van der Waals surface area contributed by atoms with Crippen molar-refractivity contribution in [1.82, 2.24) is 0 Å². The van der Waals surface area contributed by atoms with Crippen LogP contribution in [0.4, 0.5) is 0 Å². The van der Waals surface area contributed by atoms with Crippen molar-refractivity contribution in [1.29, 1.82) is 5.26 Å². The van der Waals surface area contributed by atoms with Crippen LogP contribution in [0.2, 0.25) is 10.0 Å². The van der Waals surface area contributed by atoms with E-state index in [0.29, 0.717) is 15.6 Å². The number of nitriles is 1. The second-order valence-corrected chi connectivity index (χ2v) is 4.55. The summed E-state index contributed by atoms with van der Waals surface area (Å²) in [6, 6.07) is 7.18. The third-order valence-electron chi connectivity index (χ3n) is 2.66. The molecule has 0 spiro atoms. The van der Waals surface area contributed by atoms with E-state index in [1.165, 1.54) is 0 Å². The molecular weight excluding hydrogens is 233 g/mol. The molecule has 1 aliphatic rings. The molecule has 1 aromatic rings. The van der Waals surface area contributed by atoms with E-state index in [2.05, 4.69) is 6.07 Å². The van der Waals surface area contributed by atoms with E-state index >= 15 is 0 Å². The van der Waals surface area contributed by atoms with Crippen molar-refractivity contribution in [2.24, 2.45) is 0 Å². The summed E-state index contributed by atoms with van der Waals surface area (Å²) >= 11 is 11.8. The van der Waals surface area contributed by atoms with Gasteiger partial charge in [-0.05, 0) is 17.7 Å². The summed E-state index contributed by atoms with van der Waals surface area (Å²) in [6.45, 7) is 0. The summed E-state index contributed by atoms with van der Waals surface area (Å²) < 4.78 is 0. The van der Waals surface area contributed by atoms with Crippen LogP contribution in [0.5, 0.6) is 0 Å². The van der Waals surface area contributed by atoms with Gasteiger partial charge in [-0.3, -0.25) is 4.79 Å². The van der Waals surface area contributed by atoms with Crippen molar-refractivity contribution in [2.45, 2.75) is 18.3 Å². The highest BCUT2D eigenvalue weighted by molar-refractivity contribution is 6.35. The van der Waals surface area contributed by atoms with Crippen LogP contribution in [0.15, 0.2) is 18.2 Å². The van der Waals surface area contributed by atoms with Crippen molar-refractivity contribution < 1.29 is 4.79 Å². The SMILES string of the molecule is N#CC1(c2ccc(Cl)cc2Cl)CC(=O)C1. The third-order valence-corrected chi connectivity index (χ3v) is 3.21. The molecule has 0 bridgehead atoms. The Labute approximate surface area is 97.4 Å². The summed E-state index contributed by atoms with van der Waals surface area (Å²) in [5.74, 6) is 0.0996. The molecule has 0 N–H and O–H groups in total. The molecule has 2 nitrogen and oxygen atoms in total. The van der Waals surface area contributed by atoms with Gasteiger partial charge in [0, 0.05) is 22.9 Å². The maximum absolute atomic E-state index is 11.0. The van der Waals surface area contributed by atoms with Crippen LogP contribution in [0.25, 0.3) is 0 Å². The van der Waals surface area contributed by atoms with Crippen molar-refractivity contribution in [3.8, 4) is 6.07 Å². The number of halogens is 2. The first-order chi connectivity index (χ1) is 7.07. The van der Waals surface area contributed by atoms with Crippen LogP contribution in [0.1, 0.15) is 18.4 Å². The van der Waals surface area contributed by atoms with Crippen LogP contribution in [-0.2, 0) is 10.2 Å². The molecule has 1 aliphatic carbocycles. The van der Waals surface area contributed by atoms with E-state index in [9.17, 15) is 4.79 Å². The van der Waals surface area contributed by atoms with E-state index < -0.39 is 5.41 Å². The third kappa shape index (κ3) is 1.62. The van der Waals surface area contributed by atoms with Gasteiger partial charge in [0.15, 0.2) is 0 Å². The molecular formula is C11H7Cl2NO. The van der Waals surface area contributed by atoms with Crippen LogP contribution in [0, 0.1) is 11.3 Å². The van der Waals surface area contributed by atoms with Gasteiger partial charge in [0.2, 0.25) is 0 Å². The highest BCUT2D eigenvalue weighted by atomic mass is 35.5. The Balaban J connectivity index is 2.46. The van der Waals surface area contributed by atoms with Crippen LogP contribution >= 0.6 is 23.2 Å². The van der Waals surface area contributed by atoms with E-state index in [-0.39, 0.29) is 18.6 Å². The molecule has 0 radical (unpaired) electrons. The number of ketones is 1. The number of nitrogens with zero attached hydrogens (tertiary/aromatic N) is 1. The molecule has 0 unspecified atom stereocenters. The number of hydrogen-bond donors (Lipinski definition) is 0. The van der Waals surface area contributed by atoms with Crippen LogP contribution in [-0.4, -0.2) is 5.78 Å². The first-order valence-electron chi connectivity index (χ1n) is 4.46. The number of Topliss-reactive ketones (excluding diaryl/α,β-unsaturated/α-hetero) is 1. The standard InChI is InChI=1S/C11H7Cl2NO/c12-7-1-2-9(10(13)3-7)11(6-14)4-8(15)5-11/h1-3H,4-5H2. The minimum atomic E-state index is -0.723. The van der Waals surface area contributed by atoms with Crippen molar-refractivity contribution >= 4 is 29.0 Å². The van der Waals surface area contributed by atoms with Gasteiger partial charge in [0.25, 0.3) is 0 Å². The Hall–Kier alpha value is -1.04. The first kappa shape index (κ1) is 10.5. The van der Waals surface area contributed by atoms with Gasteiger partial charge in [-0.15, -0.1) is 0 Å². The predicted octanol–water partition coefficient (Wildman–Crippen LogP) is 3.12. The zero-order valence-electron chi connectivity index (χ0n) is 7.76. The quantitative estimate of drug-likeness (QED) is 0.756. The molecule has 1 saturated carbocycles. The fourth-order valence-corrected chi connectivity index (χ4v) is 2.42. The smallest absolute Gasteiger partial charge is 0.136 e. The largest absolute Gasteiger partial charge is 0.300 e. The number of carbonyl (C=O) groups excluding carboxylic acids is 1. The summed E-state index contributed by atoms with van der Waals surface area (Å²) in [4.78, 5) is 11.0. The van der Waals surface area contributed by atoms with Gasteiger partial charge in [-0.25, -0.2) is 0 Å². The summed E-state index contributed by atoms with van der Waals surface area (Å²) in [6.07, 6.45) is 0.510. The Morgan fingerprint density at radius 1 is 1.33 bits per heavy atom. The lowest BCUT2D eigenvalue weighted by Crippen LogP contribution is -2.40. The van der Waals surface area contributed by atoms with Gasteiger partial charge < -0.3 is 0 Å². The lowest BCUT2D eigenvalue weighted by Gasteiger charge is -2.34. The minimum absolute atomic E-state index is 0.0996. The molecule has 76 valence electrons. The van der Waals surface area contributed by atoms with Crippen molar-refractivity contribution in [3.05, 3.63) is 33.8 Å². The van der Waals surface area contributed by atoms with Gasteiger partial charge in [-0.1, -0.05) is 29.3 Å². The molecule has 4 heteroatoms. The van der Waals surface area contributed by atoms with Gasteiger partial charge in [-0.2, -0.15) is 5.26 Å². The number of carbonyl (C=O) groups is 1. The topological polar surface area (TPSA) is 40.9 Å². The molecule has 2 rings (SSSR count). The maximum Gasteiger partial charge on any atom is 0.136 e. The normalized spacial score (nSPS) is 18.1. The average Bonchev–Trinajstić information content (AvgIpc) is 2.13. The molecule has 1 aromatic carbocycles. The first-order valence-corrected chi connectivity index (χ1v) is 5.21. The predicted molar refractivity (Wildman–Crippen MR) is 58.0 cm³/mol. The lowest BCUT2D eigenvalue weighted by molar-refractivity contribution is -0.126. The highest BCUT2D eigenvalue weighted by Gasteiger charge is 2.46. The van der Waals surface area contributed by atoms with Crippen molar-refractivity contribution in [3.63, 3.8) is 0 Å². The lowest BCUT2D eigenvalue weighted by atomic mass is 9.65. The monoisotopic (exact) mass is 239 g/mol. The van der Waals surface area contributed by atoms with Crippen LogP contribution < -0.4 is 0 Å². The number of rotatable bonds is 1. The summed E-state index contributed by atoms with van der Waals surface area (Å²) in [5, 5.41) is 10.1. The van der Waals surface area contributed by atoms with E-state index in [1.54, 1.807) is 18.2 Å². The fourth-order valence-electron chi connectivity index (χ4n) is 1.83. The number of hydrogen-bond acceptors (Lipinski definition) is 2. The van der Waals surface area contributed by atoms with Gasteiger partial charge >= 0.3 is 0 Å². The summed E-state index contributed by atoms with van der Waals surface area (Å²) in [5.41, 5.74) is -0.0191. The second-order valence-electron chi connectivity index (χ2n) is 3.71. The molecule has 0 amide bonds. The Kier molecular flexibility index (Phi) is 2.46. The van der Waals surface area contributed by atoms with Gasteiger partial charge in [0.1, 0.15) is 5.78 Å². The Morgan fingerprint density at radius 2 is 2.00 bits per heavy atom. The Morgan fingerprint density at radius 3 is 2.47 bits per heavy atom. The minimum Gasteiger partial charge on any atom is -0.300 e. The summed E-state index contributed by atoms with van der Waals surface area (Å²) in [7, 11) is 0. The van der Waals surface area contributed by atoms with E-state index in [0.717, 1.165) is 0 Å². The average molecular weight is 240 g/mol. The molecule has 0 atom stereocenters. The van der Waals surface area contributed by atoms with Crippen molar-refractivity contribution in [2.75, 3.05) is 0 Å². The molecule has 0 heterocycles. The molecule has 0 saturated heterocycles. The van der Waals surface area contributed by atoms with E-state index in [1.807, 2.05) is 0 Å². The second kappa shape index (κ2) is 3.52. The molecule has 1 fully saturated rings. The zero-order chi connectivity index (χ0) is 11.1. The number of benzene rings is 1. The molecule has 0 aliphatic heterocycles. The van der Waals surface area contributed by atoms with Crippen LogP contribution in [0.3, 0.4) is 0 Å². The maximum atomic E-state index is 11.0.